The van der Waals surface area contributed by atoms with Crippen LogP contribution in [0.15, 0.2) is 0 Å². The Morgan fingerprint density at radius 2 is 1.82 bits per heavy atom. The van der Waals surface area contributed by atoms with E-state index in [-0.39, 0.29) is 0 Å². The second-order valence-corrected chi connectivity index (χ2v) is 4.93. The van der Waals surface area contributed by atoms with E-state index in [4.69, 9.17) is 15.6 Å². The quantitative estimate of drug-likeness (QED) is 0.706. The molecule has 2 aliphatic heterocycles. The minimum absolute atomic E-state index is 0.402. The molecule has 10 heteroatoms. The number of fused-ring (bicyclic) bond motifs is 1. The van der Waals surface area contributed by atoms with Crippen molar-refractivity contribution in [3.05, 3.63) is 11.3 Å². The Morgan fingerprint density at radius 1 is 1.23 bits per heavy atom. The molecule has 0 saturated carbocycles. The number of aromatic nitrogens is 2. The predicted molar refractivity (Wildman–Crippen MR) is 72.1 cm³/mol. The van der Waals surface area contributed by atoms with E-state index in [1.54, 1.807) is 0 Å². The number of nitrogens with one attached hydrogen (secondary N) is 1. The lowest BCUT2D eigenvalue weighted by Gasteiger charge is -2.19. The van der Waals surface area contributed by atoms with Gasteiger partial charge in [-0.05, 0) is 12.8 Å². The molecule has 0 atom stereocenters. The summed E-state index contributed by atoms with van der Waals surface area (Å²) < 4.78 is 31.7. The van der Waals surface area contributed by atoms with E-state index in [0.29, 0.717) is 5.95 Å². The maximum atomic E-state index is 10.6. The molecular weight excluding hydrogens is 303 g/mol. The van der Waals surface area contributed by atoms with Gasteiger partial charge in [-0.2, -0.15) is 18.2 Å². The summed E-state index contributed by atoms with van der Waals surface area (Å²) >= 11 is 0. The molecule has 0 aliphatic carbocycles. The number of nitrogen functional groups attached to an aromatic ring is 1. The van der Waals surface area contributed by atoms with E-state index in [1.165, 1.54) is 18.4 Å². The Hall–Kier alpha value is -2.10. The lowest BCUT2D eigenvalue weighted by atomic mass is 10.2. The van der Waals surface area contributed by atoms with Crippen LogP contribution in [-0.4, -0.2) is 40.3 Å². The fourth-order valence-corrected chi connectivity index (χ4v) is 2.36. The molecule has 1 saturated heterocycles. The molecule has 0 unspecified atom stereocenters. The molecule has 1 aromatic rings. The van der Waals surface area contributed by atoms with Gasteiger partial charge in [0.05, 0.1) is 5.69 Å². The zero-order valence-electron chi connectivity index (χ0n) is 11.7. The van der Waals surface area contributed by atoms with Gasteiger partial charge in [0, 0.05) is 31.7 Å². The number of carboxylic acid groups (broad SMARTS) is 1. The predicted octanol–water partition coefficient (Wildman–Crippen LogP) is 0.895. The highest BCUT2D eigenvalue weighted by atomic mass is 19.4. The average Bonchev–Trinajstić information content (AvgIpc) is 3.08. The van der Waals surface area contributed by atoms with Crippen LogP contribution in [0, 0.1) is 0 Å². The van der Waals surface area contributed by atoms with Crippen LogP contribution < -0.4 is 16.0 Å². The van der Waals surface area contributed by atoms with Crippen molar-refractivity contribution in [1.82, 2.24) is 15.3 Å². The topological polar surface area (TPSA) is 104 Å². The van der Waals surface area contributed by atoms with Gasteiger partial charge in [0.2, 0.25) is 5.95 Å². The molecule has 4 N–H and O–H groups in total. The summed E-state index contributed by atoms with van der Waals surface area (Å²) in [5.74, 6) is -1.30. The van der Waals surface area contributed by atoms with Crippen LogP contribution in [0.2, 0.25) is 0 Å². The van der Waals surface area contributed by atoms with Gasteiger partial charge in [-0.1, -0.05) is 0 Å². The van der Waals surface area contributed by atoms with Crippen molar-refractivity contribution >= 4 is 17.7 Å². The van der Waals surface area contributed by atoms with Crippen molar-refractivity contribution in [3.63, 3.8) is 0 Å². The fraction of sp³-hybridized carbons (Fsp3) is 0.583. The van der Waals surface area contributed by atoms with Crippen LogP contribution >= 0.6 is 0 Å². The number of hydrogen-bond acceptors (Lipinski definition) is 6. The van der Waals surface area contributed by atoms with Gasteiger partial charge in [0.25, 0.3) is 0 Å². The molecule has 0 bridgehead atoms. The summed E-state index contributed by atoms with van der Waals surface area (Å²) in [5.41, 5.74) is 8.04. The first-order valence-electron chi connectivity index (χ1n) is 6.70. The second-order valence-electron chi connectivity index (χ2n) is 4.93. The number of nitrogens with zero attached hydrogens (tertiary/aromatic N) is 3. The molecule has 22 heavy (non-hydrogen) atoms. The van der Waals surface area contributed by atoms with Crippen molar-refractivity contribution in [1.29, 1.82) is 0 Å². The third-order valence-electron chi connectivity index (χ3n) is 3.33. The zero-order valence-corrected chi connectivity index (χ0v) is 11.7. The first-order chi connectivity index (χ1) is 10.3. The minimum Gasteiger partial charge on any atom is -0.475 e. The summed E-state index contributed by atoms with van der Waals surface area (Å²) in [6.45, 7) is 3.90. The van der Waals surface area contributed by atoms with Crippen LogP contribution in [0.5, 0.6) is 0 Å². The molecule has 1 fully saturated rings. The van der Waals surface area contributed by atoms with Crippen LogP contribution in [0.3, 0.4) is 0 Å². The number of carboxylic acids is 1. The van der Waals surface area contributed by atoms with Gasteiger partial charge in [-0.25, -0.2) is 9.78 Å². The lowest BCUT2D eigenvalue weighted by Crippen LogP contribution is -2.22. The largest absolute Gasteiger partial charge is 0.490 e. The highest BCUT2D eigenvalue weighted by Crippen LogP contribution is 2.27. The average molecular weight is 319 g/mol. The van der Waals surface area contributed by atoms with E-state index >= 15 is 0 Å². The van der Waals surface area contributed by atoms with Crippen molar-refractivity contribution in [2.24, 2.45) is 0 Å². The molecule has 0 radical (unpaired) electrons. The summed E-state index contributed by atoms with van der Waals surface area (Å²) in [5, 5.41) is 10.4. The molecular formula is C12H16F3N5O2. The highest BCUT2D eigenvalue weighted by molar-refractivity contribution is 5.73. The number of halogens is 3. The summed E-state index contributed by atoms with van der Waals surface area (Å²) in [4.78, 5) is 19.9. The van der Waals surface area contributed by atoms with Gasteiger partial charge in [-0.15, -0.1) is 0 Å². The summed E-state index contributed by atoms with van der Waals surface area (Å²) in [6, 6.07) is 0. The maximum absolute atomic E-state index is 10.6. The van der Waals surface area contributed by atoms with E-state index in [9.17, 15) is 13.2 Å². The van der Waals surface area contributed by atoms with E-state index in [1.807, 2.05) is 0 Å². The van der Waals surface area contributed by atoms with Gasteiger partial charge in [-0.3, -0.25) is 0 Å². The normalized spacial score (nSPS) is 17.0. The van der Waals surface area contributed by atoms with Crippen LogP contribution in [0.25, 0.3) is 0 Å². The first kappa shape index (κ1) is 16.3. The maximum Gasteiger partial charge on any atom is 0.490 e. The van der Waals surface area contributed by atoms with E-state index < -0.39 is 12.1 Å². The molecule has 1 aromatic heterocycles. The molecule has 0 spiro atoms. The summed E-state index contributed by atoms with van der Waals surface area (Å²) in [6.07, 6.45) is -2.57. The summed E-state index contributed by atoms with van der Waals surface area (Å²) in [7, 11) is 0. The third-order valence-corrected chi connectivity index (χ3v) is 3.33. The van der Waals surface area contributed by atoms with Crippen LogP contribution in [-0.2, 0) is 17.9 Å². The SMILES string of the molecule is Nc1nc2c(c(N3CCCC3)n1)CNC2.O=C(O)C(F)(F)F. The third kappa shape index (κ3) is 3.75. The van der Waals surface area contributed by atoms with Crippen molar-refractivity contribution in [2.45, 2.75) is 32.1 Å². The number of hydrogen-bond donors (Lipinski definition) is 3. The number of aliphatic carboxylic acids is 1. The Balaban J connectivity index is 0.000000217. The van der Waals surface area contributed by atoms with Gasteiger partial charge in [0.1, 0.15) is 5.82 Å². The lowest BCUT2D eigenvalue weighted by molar-refractivity contribution is -0.192. The van der Waals surface area contributed by atoms with Gasteiger partial charge in [0.15, 0.2) is 0 Å². The molecule has 122 valence electrons. The minimum atomic E-state index is -5.08. The number of rotatable bonds is 1. The van der Waals surface area contributed by atoms with Crippen molar-refractivity contribution in [3.8, 4) is 0 Å². The smallest absolute Gasteiger partial charge is 0.475 e. The van der Waals surface area contributed by atoms with E-state index in [0.717, 1.165) is 37.7 Å². The van der Waals surface area contributed by atoms with Crippen molar-refractivity contribution in [2.75, 3.05) is 23.7 Å². The van der Waals surface area contributed by atoms with Crippen LogP contribution in [0.4, 0.5) is 24.9 Å². The van der Waals surface area contributed by atoms with Gasteiger partial charge < -0.3 is 21.1 Å². The highest BCUT2D eigenvalue weighted by Gasteiger charge is 2.38. The van der Waals surface area contributed by atoms with E-state index in [2.05, 4.69) is 20.2 Å². The molecule has 3 rings (SSSR count). The second kappa shape index (κ2) is 6.34. The Morgan fingerprint density at radius 3 is 2.36 bits per heavy atom. The first-order valence-corrected chi connectivity index (χ1v) is 6.70. The van der Waals surface area contributed by atoms with Crippen LogP contribution in [0.1, 0.15) is 24.1 Å². The Labute approximate surface area is 124 Å². The molecule has 3 heterocycles. The molecule has 2 aliphatic rings. The molecule has 0 amide bonds. The number of alkyl halides is 3. The number of carbonyl (C=O) groups is 1. The zero-order chi connectivity index (χ0) is 16.3. The number of anilines is 2. The standard InChI is InChI=1S/C10H15N5.C2HF3O2/c11-10-13-8-6-12-5-7(8)9(14-10)15-3-1-2-4-15;3-2(4,5)1(6)7/h12H,1-6H2,(H2,11,13,14);(H,6,7). The Kier molecular flexibility index (Phi) is 4.69. The van der Waals surface area contributed by atoms with Crippen molar-refractivity contribution < 1.29 is 23.1 Å². The Bertz CT molecular complexity index is 558. The molecule has 7 nitrogen and oxygen atoms in total. The molecule has 0 aromatic carbocycles. The number of nitrogens with two attached hydrogens (primary N) is 1. The van der Waals surface area contributed by atoms with Gasteiger partial charge >= 0.3 is 12.1 Å². The fourth-order valence-electron chi connectivity index (χ4n) is 2.36. The monoisotopic (exact) mass is 319 g/mol.